The van der Waals surface area contributed by atoms with Crippen LogP contribution in [0.15, 0.2) is 12.1 Å². The first-order chi connectivity index (χ1) is 8.38. The monoisotopic (exact) mass is 256 g/mol. The highest BCUT2D eigenvalue weighted by Crippen LogP contribution is 2.30. The average Bonchev–Trinajstić information content (AvgIpc) is 2.27. The van der Waals surface area contributed by atoms with Gasteiger partial charge in [-0.15, -0.1) is 0 Å². The first-order valence-corrected chi connectivity index (χ1v) is 5.30. The van der Waals surface area contributed by atoms with Crippen molar-refractivity contribution < 1.29 is 19.2 Å². The fraction of sp³-hybridized carbons (Fsp3) is 0.364. The Morgan fingerprint density at radius 1 is 1.56 bits per heavy atom. The maximum Gasteiger partial charge on any atom is 0.338 e. The quantitative estimate of drug-likeness (QED) is 0.645. The molecule has 98 valence electrons. The van der Waals surface area contributed by atoms with Crippen LogP contribution in [0.2, 0.25) is 0 Å². The third kappa shape index (κ3) is 2.73. The van der Waals surface area contributed by atoms with Crippen molar-refractivity contribution in [2.45, 2.75) is 13.3 Å². The Bertz CT molecular complexity index is 490. The minimum atomic E-state index is -1.53. The fourth-order valence-corrected chi connectivity index (χ4v) is 1.62. The van der Waals surface area contributed by atoms with E-state index in [-0.39, 0.29) is 5.69 Å². The van der Waals surface area contributed by atoms with Gasteiger partial charge in [0.05, 0.1) is 4.92 Å². The molecule has 0 aliphatic heterocycles. The number of halogens is 1. The van der Waals surface area contributed by atoms with Gasteiger partial charge in [0.1, 0.15) is 17.1 Å². The zero-order valence-electron chi connectivity index (χ0n) is 10.0. The van der Waals surface area contributed by atoms with Crippen molar-refractivity contribution in [2.75, 3.05) is 18.5 Å². The molecule has 1 rings (SSSR count). The third-order valence-electron chi connectivity index (χ3n) is 2.46. The van der Waals surface area contributed by atoms with Crippen LogP contribution in [-0.2, 0) is 0 Å². The molecule has 0 saturated carbocycles. The Labute approximate surface area is 103 Å². The first-order valence-electron chi connectivity index (χ1n) is 5.30. The number of nitro groups is 1. The number of carbonyl (C=O) groups is 1. The van der Waals surface area contributed by atoms with E-state index >= 15 is 0 Å². The minimum Gasteiger partial charge on any atom is -0.478 e. The van der Waals surface area contributed by atoms with E-state index in [9.17, 15) is 19.3 Å². The lowest BCUT2D eigenvalue weighted by Crippen LogP contribution is -2.20. The zero-order valence-corrected chi connectivity index (χ0v) is 10.0. The summed E-state index contributed by atoms with van der Waals surface area (Å²) in [5, 5.41) is 19.6. The van der Waals surface area contributed by atoms with Crippen LogP contribution < -0.4 is 4.90 Å². The smallest absolute Gasteiger partial charge is 0.338 e. The van der Waals surface area contributed by atoms with Crippen LogP contribution in [0.4, 0.5) is 15.8 Å². The third-order valence-corrected chi connectivity index (χ3v) is 2.46. The number of carboxylic acids is 1. The molecule has 7 heteroatoms. The molecule has 6 nitrogen and oxygen atoms in total. The molecule has 0 saturated heterocycles. The summed E-state index contributed by atoms with van der Waals surface area (Å²) >= 11 is 0. The SMILES string of the molecule is CCCN(C)c1cc(F)c(C(=O)O)cc1[N+](=O)[O-]. The highest BCUT2D eigenvalue weighted by Gasteiger charge is 2.23. The van der Waals surface area contributed by atoms with E-state index in [1.165, 1.54) is 4.90 Å². The standard InChI is InChI=1S/C11H13FN2O4/c1-3-4-13(2)9-6-8(12)7(11(15)16)5-10(9)14(17)18/h5-6H,3-4H2,1-2H3,(H,15,16). The largest absolute Gasteiger partial charge is 0.478 e. The number of hydrogen-bond acceptors (Lipinski definition) is 4. The molecule has 0 amide bonds. The van der Waals surface area contributed by atoms with Gasteiger partial charge in [0, 0.05) is 25.7 Å². The Kier molecular flexibility index (Phi) is 4.19. The number of anilines is 1. The van der Waals surface area contributed by atoms with E-state index < -0.39 is 28.0 Å². The molecule has 0 aromatic heterocycles. The number of rotatable bonds is 5. The second kappa shape index (κ2) is 5.44. The lowest BCUT2D eigenvalue weighted by molar-refractivity contribution is -0.384. The number of nitro benzene ring substituents is 1. The molecule has 0 atom stereocenters. The highest BCUT2D eigenvalue weighted by atomic mass is 19.1. The zero-order chi connectivity index (χ0) is 13.9. The van der Waals surface area contributed by atoms with Crippen LogP contribution in [0.1, 0.15) is 23.7 Å². The van der Waals surface area contributed by atoms with Gasteiger partial charge in [0.2, 0.25) is 0 Å². The molecule has 0 heterocycles. The van der Waals surface area contributed by atoms with Crippen LogP contribution in [0, 0.1) is 15.9 Å². The van der Waals surface area contributed by atoms with E-state index in [1.807, 2.05) is 6.92 Å². The van der Waals surface area contributed by atoms with Crippen molar-refractivity contribution in [3.05, 3.63) is 33.6 Å². The lowest BCUT2D eigenvalue weighted by Gasteiger charge is -2.18. The van der Waals surface area contributed by atoms with Gasteiger partial charge in [-0.1, -0.05) is 6.92 Å². The lowest BCUT2D eigenvalue weighted by atomic mass is 10.1. The Balaban J connectivity index is 3.38. The van der Waals surface area contributed by atoms with E-state index in [0.29, 0.717) is 6.54 Å². The molecule has 0 fully saturated rings. The van der Waals surface area contributed by atoms with Gasteiger partial charge in [-0.25, -0.2) is 9.18 Å². The Morgan fingerprint density at radius 2 is 2.17 bits per heavy atom. The number of nitrogens with zero attached hydrogens (tertiary/aromatic N) is 2. The van der Waals surface area contributed by atoms with Gasteiger partial charge in [-0.2, -0.15) is 0 Å². The van der Waals surface area contributed by atoms with Gasteiger partial charge in [0.15, 0.2) is 0 Å². The summed E-state index contributed by atoms with van der Waals surface area (Å²) in [5.74, 6) is -2.51. The summed E-state index contributed by atoms with van der Waals surface area (Å²) in [6.45, 7) is 2.39. The van der Waals surface area contributed by atoms with E-state index in [0.717, 1.165) is 18.6 Å². The molecular formula is C11H13FN2O4. The molecule has 0 aliphatic carbocycles. The molecule has 0 unspecified atom stereocenters. The van der Waals surface area contributed by atoms with Crippen LogP contribution >= 0.6 is 0 Å². The number of hydrogen-bond donors (Lipinski definition) is 1. The molecule has 1 aromatic rings. The van der Waals surface area contributed by atoms with Crippen molar-refractivity contribution in [1.29, 1.82) is 0 Å². The number of aromatic carboxylic acids is 1. The maximum atomic E-state index is 13.5. The summed E-state index contributed by atoms with van der Waals surface area (Å²) in [5.41, 5.74) is -1.04. The fourth-order valence-electron chi connectivity index (χ4n) is 1.62. The Hall–Kier alpha value is -2.18. The van der Waals surface area contributed by atoms with Crippen LogP contribution in [0.5, 0.6) is 0 Å². The van der Waals surface area contributed by atoms with Crippen molar-refractivity contribution in [3.63, 3.8) is 0 Å². The molecule has 0 spiro atoms. The second-order valence-corrected chi connectivity index (χ2v) is 3.80. The highest BCUT2D eigenvalue weighted by molar-refractivity contribution is 5.90. The molecule has 0 bridgehead atoms. The predicted octanol–water partition coefficient (Wildman–Crippen LogP) is 2.28. The first kappa shape index (κ1) is 13.9. The molecule has 18 heavy (non-hydrogen) atoms. The van der Waals surface area contributed by atoms with Crippen LogP contribution in [0.25, 0.3) is 0 Å². The van der Waals surface area contributed by atoms with Crippen molar-refractivity contribution in [3.8, 4) is 0 Å². The average molecular weight is 256 g/mol. The molecular weight excluding hydrogens is 243 g/mol. The number of benzene rings is 1. The van der Waals surface area contributed by atoms with Gasteiger partial charge < -0.3 is 10.0 Å². The van der Waals surface area contributed by atoms with Crippen molar-refractivity contribution in [1.82, 2.24) is 0 Å². The second-order valence-electron chi connectivity index (χ2n) is 3.80. The summed E-state index contributed by atoms with van der Waals surface area (Å²) in [4.78, 5) is 22.4. The minimum absolute atomic E-state index is 0.0735. The Morgan fingerprint density at radius 3 is 2.61 bits per heavy atom. The molecule has 0 radical (unpaired) electrons. The molecule has 1 N–H and O–H groups in total. The van der Waals surface area contributed by atoms with Crippen molar-refractivity contribution in [2.24, 2.45) is 0 Å². The summed E-state index contributed by atoms with van der Waals surface area (Å²) in [6, 6.07) is 1.64. The van der Waals surface area contributed by atoms with E-state index in [1.54, 1.807) is 7.05 Å². The normalized spacial score (nSPS) is 10.2. The van der Waals surface area contributed by atoms with Gasteiger partial charge in [-0.3, -0.25) is 10.1 Å². The van der Waals surface area contributed by atoms with Gasteiger partial charge in [0.25, 0.3) is 5.69 Å². The topological polar surface area (TPSA) is 83.7 Å². The van der Waals surface area contributed by atoms with E-state index in [4.69, 9.17) is 5.11 Å². The van der Waals surface area contributed by atoms with Crippen molar-refractivity contribution >= 4 is 17.3 Å². The van der Waals surface area contributed by atoms with Crippen LogP contribution in [0.3, 0.4) is 0 Å². The predicted molar refractivity (Wildman–Crippen MR) is 63.6 cm³/mol. The maximum absolute atomic E-state index is 13.5. The van der Waals surface area contributed by atoms with Crippen LogP contribution in [-0.4, -0.2) is 29.6 Å². The molecule has 1 aromatic carbocycles. The number of carboxylic acid groups (broad SMARTS) is 1. The summed E-state index contributed by atoms with van der Waals surface area (Å²) in [6.07, 6.45) is 0.732. The molecule has 0 aliphatic rings. The van der Waals surface area contributed by atoms with Gasteiger partial charge in [-0.05, 0) is 6.42 Å². The summed E-state index contributed by atoms with van der Waals surface area (Å²) < 4.78 is 13.5. The van der Waals surface area contributed by atoms with Gasteiger partial charge >= 0.3 is 5.97 Å². The summed E-state index contributed by atoms with van der Waals surface area (Å²) in [7, 11) is 1.59. The van der Waals surface area contributed by atoms with E-state index in [2.05, 4.69) is 0 Å².